The van der Waals surface area contributed by atoms with Crippen LogP contribution in [0.4, 0.5) is 18.9 Å². The van der Waals surface area contributed by atoms with Gasteiger partial charge in [0.15, 0.2) is 0 Å². The summed E-state index contributed by atoms with van der Waals surface area (Å²) in [4.78, 5) is 28.5. The molecule has 1 N–H and O–H groups in total. The Kier molecular flexibility index (Phi) is 11.0. The SMILES string of the molecule is CC[C@H](C(=O)NC(C)(C)C)N(Cc1cccc(OC)c1)C(=O)CN(c1cc(C(F)(F)F)ccc1Cl)S(=O)(=O)c1ccccc1. The number of hydrogen-bond donors (Lipinski definition) is 1. The van der Waals surface area contributed by atoms with Gasteiger partial charge in [-0.05, 0) is 75.2 Å². The number of carbonyl (C=O) groups excluding carboxylic acids is 2. The van der Waals surface area contributed by atoms with Crippen LogP contribution in [0.1, 0.15) is 45.2 Å². The third-order valence-corrected chi connectivity index (χ3v) is 8.62. The molecule has 238 valence electrons. The highest BCUT2D eigenvalue weighted by Gasteiger charge is 2.37. The minimum absolute atomic E-state index is 0.123. The minimum atomic E-state index is -4.82. The van der Waals surface area contributed by atoms with E-state index in [4.69, 9.17) is 16.3 Å². The second-order valence-electron chi connectivity index (χ2n) is 11.0. The first-order valence-corrected chi connectivity index (χ1v) is 15.5. The smallest absolute Gasteiger partial charge is 0.416 e. The molecule has 0 aliphatic rings. The fraction of sp³-hybridized carbons (Fsp3) is 0.355. The third-order valence-electron chi connectivity index (χ3n) is 6.52. The van der Waals surface area contributed by atoms with Gasteiger partial charge in [0.05, 0.1) is 28.3 Å². The van der Waals surface area contributed by atoms with Crippen LogP contribution in [-0.4, -0.2) is 50.4 Å². The first-order valence-electron chi connectivity index (χ1n) is 13.7. The summed E-state index contributed by atoms with van der Waals surface area (Å²) in [7, 11) is -3.15. The highest BCUT2D eigenvalue weighted by atomic mass is 35.5. The lowest BCUT2D eigenvalue weighted by Crippen LogP contribution is -2.55. The van der Waals surface area contributed by atoms with E-state index >= 15 is 0 Å². The lowest BCUT2D eigenvalue weighted by molar-refractivity contribution is -0.141. The summed E-state index contributed by atoms with van der Waals surface area (Å²) in [5.41, 5.74) is -1.76. The number of nitrogens with zero attached hydrogens (tertiary/aromatic N) is 2. The number of halogens is 4. The maximum atomic E-state index is 14.2. The number of ether oxygens (including phenoxy) is 1. The van der Waals surface area contributed by atoms with Crippen LogP contribution in [-0.2, 0) is 32.3 Å². The summed E-state index contributed by atoms with van der Waals surface area (Å²) in [6, 6.07) is 14.9. The molecule has 0 spiro atoms. The van der Waals surface area contributed by atoms with E-state index in [-0.39, 0.29) is 22.9 Å². The van der Waals surface area contributed by atoms with Gasteiger partial charge in [0.25, 0.3) is 10.0 Å². The highest BCUT2D eigenvalue weighted by Crippen LogP contribution is 2.37. The number of amides is 2. The Morgan fingerprint density at radius 2 is 1.64 bits per heavy atom. The molecule has 0 aliphatic heterocycles. The molecule has 0 fully saturated rings. The van der Waals surface area contributed by atoms with Crippen LogP contribution in [0.15, 0.2) is 77.7 Å². The van der Waals surface area contributed by atoms with Crippen LogP contribution in [0.25, 0.3) is 0 Å². The molecule has 0 radical (unpaired) electrons. The van der Waals surface area contributed by atoms with E-state index in [1.165, 1.54) is 36.3 Å². The van der Waals surface area contributed by atoms with Crippen molar-refractivity contribution in [3.63, 3.8) is 0 Å². The molecule has 13 heteroatoms. The molecule has 0 saturated carbocycles. The molecule has 8 nitrogen and oxygen atoms in total. The summed E-state index contributed by atoms with van der Waals surface area (Å²) in [5, 5.41) is 2.54. The van der Waals surface area contributed by atoms with Crippen molar-refractivity contribution in [1.82, 2.24) is 10.2 Å². The standard InChI is InChI=1S/C31H35ClF3N3O5S/c1-6-26(29(40)36-30(2,3)4)37(19-21-11-10-12-23(17-21)43-5)28(39)20-38(44(41,42)24-13-8-7-9-14-24)27-18-22(31(33,34)35)15-16-25(27)32/h7-18,26H,6,19-20H2,1-5H3,(H,36,40)/t26-/m1/s1. The number of hydrogen-bond acceptors (Lipinski definition) is 5. The Balaban J connectivity index is 2.17. The van der Waals surface area contributed by atoms with Crippen molar-refractivity contribution in [3.8, 4) is 5.75 Å². The van der Waals surface area contributed by atoms with E-state index in [0.29, 0.717) is 21.7 Å². The summed E-state index contributed by atoms with van der Waals surface area (Å²) < 4.78 is 74.8. The van der Waals surface area contributed by atoms with E-state index in [1.54, 1.807) is 58.0 Å². The monoisotopic (exact) mass is 653 g/mol. The molecule has 44 heavy (non-hydrogen) atoms. The Labute approximate surface area is 260 Å². The highest BCUT2D eigenvalue weighted by molar-refractivity contribution is 7.92. The van der Waals surface area contributed by atoms with E-state index in [2.05, 4.69) is 5.32 Å². The third kappa shape index (κ3) is 8.66. The van der Waals surface area contributed by atoms with Gasteiger partial charge in [-0.1, -0.05) is 48.9 Å². The zero-order chi connectivity index (χ0) is 32.9. The van der Waals surface area contributed by atoms with Gasteiger partial charge < -0.3 is 15.0 Å². The quantitative estimate of drug-likeness (QED) is 0.263. The molecular formula is C31H35ClF3N3O5S. The normalized spacial score (nSPS) is 12.8. The van der Waals surface area contributed by atoms with Crippen molar-refractivity contribution in [2.75, 3.05) is 18.0 Å². The molecule has 0 saturated heterocycles. The number of rotatable bonds is 11. The number of alkyl halides is 3. The summed E-state index contributed by atoms with van der Waals surface area (Å²) in [6.07, 6.45) is -4.66. The summed E-state index contributed by atoms with van der Waals surface area (Å²) in [5.74, 6) is -0.825. The first-order chi connectivity index (χ1) is 20.5. The number of sulfonamides is 1. The number of nitrogens with one attached hydrogen (secondary N) is 1. The molecule has 0 heterocycles. The molecule has 0 aliphatic carbocycles. The van der Waals surface area contributed by atoms with Crippen LogP contribution in [0.3, 0.4) is 0 Å². The molecule has 0 aromatic heterocycles. The Morgan fingerprint density at radius 1 is 0.977 bits per heavy atom. The zero-order valence-corrected chi connectivity index (χ0v) is 26.6. The zero-order valence-electron chi connectivity index (χ0n) is 25.0. The Bertz CT molecular complexity index is 1580. The van der Waals surface area contributed by atoms with Crippen molar-refractivity contribution in [1.29, 1.82) is 0 Å². The van der Waals surface area contributed by atoms with Gasteiger partial charge >= 0.3 is 6.18 Å². The maximum Gasteiger partial charge on any atom is 0.416 e. The Morgan fingerprint density at radius 3 is 2.20 bits per heavy atom. The van der Waals surface area contributed by atoms with Gasteiger partial charge in [-0.2, -0.15) is 13.2 Å². The molecule has 3 aromatic carbocycles. The summed E-state index contributed by atoms with van der Waals surface area (Å²) >= 11 is 6.30. The topological polar surface area (TPSA) is 96.0 Å². The molecular weight excluding hydrogens is 619 g/mol. The van der Waals surface area contributed by atoms with Crippen molar-refractivity contribution >= 4 is 39.1 Å². The molecule has 0 bridgehead atoms. The van der Waals surface area contributed by atoms with Gasteiger partial charge in [-0.15, -0.1) is 0 Å². The van der Waals surface area contributed by atoms with Crippen LogP contribution in [0.2, 0.25) is 5.02 Å². The van der Waals surface area contributed by atoms with Crippen molar-refractivity contribution in [2.45, 2.75) is 63.3 Å². The maximum absolute atomic E-state index is 14.2. The number of anilines is 1. The second kappa shape index (κ2) is 13.9. The van der Waals surface area contributed by atoms with Gasteiger partial charge in [0.1, 0.15) is 18.3 Å². The Hall–Kier alpha value is -3.77. The lowest BCUT2D eigenvalue weighted by atomic mass is 10.1. The van der Waals surface area contributed by atoms with E-state index in [0.717, 1.165) is 12.1 Å². The van der Waals surface area contributed by atoms with Crippen LogP contribution >= 0.6 is 11.6 Å². The number of benzene rings is 3. The van der Waals surface area contributed by atoms with E-state index < -0.39 is 57.4 Å². The van der Waals surface area contributed by atoms with Gasteiger partial charge in [-0.3, -0.25) is 13.9 Å². The van der Waals surface area contributed by atoms with Crippen LogP contribution in [0.5, 0.6) is 5.75 Å². The second-order valence-corrected chi connectivity index (χ2v) is 13.3. The van der Waals surface area contributed by atoms with Gasteiger partial charge in [0, 0.05) is 12.1 Å². The summed E-state index contributed by atoms with van der Waals surface area (Å²) in [6.45, 7) is 5.95. The van der Waals surface area contributed by atoms with Crippen LogP contribution < -0.4 is 14.4 Å². The molecule has 3 rings (SSSR count). The molecule has 0 unspecified atom stereocenters. The first kappa shape index (κ1) is 34.7. The number of carbonyl (C=O) groups is 2. The van der Waals surface area contributed by atoms with Crippen molar-refractivity contribution < 1.29 is 35.9 Å². The average molecular weight is 654 g/mol. The largest absolute Gasteiger partial charge is 0.497 e. The lowest BCUT2D eigenvalue weighted by Gasteiger charge is -2.35. The molecule has 2 amide bonds. The van der Waals surface area contributed by atoms with Gasteiger partial charge in [0.2, 0.25) is 11.8 Å². The number of methoxy groups -OCH3 is 1. The van der Waals surface area contributed by atoms with E-state index in [1.807, 2.05) is 0 Å². The van der Waals surface area contributed by atoms with E-state index in [9.17, 15) is 31.2 Å². The molecule has 3 aromatic rings. The van der Waals surface area contributed by atoms with Crippen LogP contribution in [0, 0.1) is 0 Å². The predicted octanol–water partition coefficient (Wildman–Crippen LogP) is 6.28. The van der Waals surface area contributed by atoms with Crippen molar-refractivity contribution in [2.24, 2.45) is 0 Å². The fourth-order valence-electron chi connectivity index (χ4n) is 4.45. The predicted molar refractivity (Wildman–Crippen MR) is 163 cm³/mol. The van der Waals surface area contributed by atoms with Crippen molar-refractivity contribution in [3.05, 3.63) is 88.9 Å². The van der Waals surface area contributed by atoms with Gasteiger partial charge in [-0.25, -0.2) is 8.42 Å². The molecule has 1 atom stereocenters. The minimum Gasteiger partial charge on any atom is -0.497 e. The fourth-order valence-corrected chi connectivity index (χ4v) is 6.17. The average Bonchev–Trinajstić information content (AvgIpc) is 2.95.